The lowest BCUT2D eigenvalue weighted by molar-refractivity contribution is -0.167. The summed E-state index contributed by atoms with van der Waals surface area (Å²) in [6.45, 7) is 9.04. The van der Waals surface area contributed by atoms with Crippen molar-refractivity contribution in [2.24, 2.45) is 28.6 Å². The van der Waals surface area contributed by atoms with Gasteiger partial charge in [-0.05, 0) is 61.9 Å². The summed E-state index contributed by atoms with van der Waals surface area (Å²) in [7, 11) is 0. The van der Waals surface area contributed by atoms with Gasteiger partial charge in [0.05, 0.1) is 0 Å². The number of carbonyl (C=O) groups excluding carboxylic acids is 3. The molecule has 0 aromatic heterocycles. The van der Waals surface area contributed by atoms with Gasteiger partial charge in [0.2, 0.25) is 0 Å². The first-order valence-electron chi connectivity index (χ1n) is 11.8. The molecule has 6 heteroatoms. The molecule has 0 bridgehead atoms. The van der Waals surface area contributed by atoms with E-state index in [1.54, 1.807) is 0 Å². The third-order valence-electron chi connectivity index (χ3n) is 8.92. The lowest BCUT2D eigenvalue weighted by Crippen LogP contribution is -2.56. The van der Waals surface area contributed by atoms with Crippen molar-refractivity contribution in [2.75, 3.05) is 0 Å². The van der Waals surface area contributed by atoms with Gasteiger partial charge in [-0.1, -0.05) is 19.4 Å². The second-order valence-corrected chi connectivity index (χ2v) is 10.7. The Labute approximate surface area is 185 Å². The predicted molar refractivity (Wildman–Crippen MR) is 114 cm³/mol. The number of esters is 3. The van der Waals surface area contributed by atoms with Crippen LogP contribution in [0.2, 0.25) is 0 Å². The van der Waals surface area contributed by atoms with Crippen LogP contribution in [0.25, 0.3) is 0 Å². The summed E-state index contributed by atoms with van der Waals surface area (Å²) in [5.41, 5.74) is 1.22. The Bertz CT molecular complexity index is 802. The Morgan fingerprint density at radius 3 is 2.16 bits per heavy atom. The molecular formula is C25H36O6. The zero-order valence-corrected chi connectivity index (χ0v) is 19.4. The highest BCUT2D eigenvalue weighted by molar-refractivity contribution is 5.67. The number of hydrogen-bond acceptors (Lipinski definition) is 6. The zero-order chi connectivity index (χ0) is 22.6. The molecule has 0 radical (unpaired) electrons. The zero-order valence-electron chi connectivity index (χ0n) is 19.4. The van der Waals surface area contributed by atoms with Gasteiger partial charge >= 0.3 is 17.9 Å². The van der Waals surface area contributed by atoms with Gasteiger partial charge in [0.25, 0.3) is 0 Å². The Hall–Kier alpha value is -1.85. The van der Waals surface area contributed by atoms with Gasteiger partial charge in [-0.25, -0.2) is 0 Å². The van der Waals surface area contributed by atoms with Gasteiger partial charge in [0.1, 0.15) is 18.3 Å². The molecule has 3 saturated carbocycles. The summed E-state index contributed by atoms with van der Waals surface area (Å²) in [4.78, 5) is 35.3. The molecule has 172 valence electrons. The summed E-state index contributed by atoms with van der Waals surface area (Å²) in [6.07, 6.45) is 8.20. The van der Waals surface area contributed by atoms with Crippen LogP contribution in [-0.4, -0.2) is 36.2 Å². The van der Waals surface area contributed by atoms with Crippen molar-refractivity contribution in [3.05, 3.63) is 11.6 Å². The van der Waals surface area contributed by atoms with Crippen LogP contribution in [0.1, 0.15) is 79.6 Å². The van der Waals surface area contributed by atoms with Crippen LogP contribution in [-0.2, 0) is 28.6 Å². The molecule has 0 amide bonds. The molecule has 31 heavy (non-hydrogen) atoms. The van der Waals surface area contributed by atoms with E-state index < -0.39 is 0 Å². The topological polar surface area (TPSA) is 78.9 Å². The second-order valence-electron chi connectivity index (χ2n) is 10.7. The summed E-state index contributed by atoms with van der Waals surface area (Å²) in [5, 5.41) is 0. The van der Waals surface area contributed by atoms with Crippen molar-refractivity contribution in [1.82, 2.24) is 0 Å². The van der Waals surface area contributed by atoms with Gasteiger partial charge in [-0.15, -0.1) is 0 Å². The SMILES string of the molecule is CC(=O)O[C@H]1CCC2(C)C(=C[C@H](OC(C)=O)C3C2CCC2(C)C3CC[C@@H]2OC(C)=O)C1. The summed E-state index contributed by atoms with van der Waals surface area (Å²) >= 11 is 0. The molecule has 0 aromatic carbocycles. The Morgan fingerprint density at radius 1 is 0.839 bits per heavy atom. The van der Waals surface area contributed by atoms with E-state index in [4.69, 9.17) is 14.2 Å². The molecule has 0 spiro atoms. The Kier molecular flexibility index (Phi) is 5.72. The predicted octanol–water partition coefficient (Wildman–Crippen LogP) is 4.35. The highest BCUT2D eigenvalue weighted by Crippen LogP contribution is 2.65. The quantitative estimate of drug-likeness (QED) is 0.375. The molecule has 3 fully saturated rings. The number of hydrogen-bond donors (Lipinski definition) is 0. The maximum absolute atomic E-state index is 12.0. The molecular weight excluding hydrogens is 396 g/mol. The van der Waals surface area contributed by atoms with Crippen LogP contribution in [0.5, 0.6) is 0 Å². The van der Waals surface area contributed by atoms with E-state index in [2.05, 4.69) is 19.9 Å². The Balaban J connectivity index is 1.68. The molecule has 5 unspecified atom stereocenters. The lowest BCUT2D eigenvalue weighted by Gasteiger charge is -2.59. The minimum atomic E-state index is -0.276. The van der Waals surface area contributed by atoms with Gasteiger partial charge in [-0.3, -0.25) is 14.4 Å². The van der Waals surface area contributed by atoms with Gasteiger partial charge in [0, 0.05) is 38.5 Å². The molecule has 8 atom stereocenters. The van der Waals surface area contributed by atoms with E-state index in [1.807, 2.05) is 0 Å². The molecule has 0 heterocycles. The molecule has 0 aromatic rings. The smallest absolute Gasteiger partial charge is 0.303 e. The second kappa shape index (κ2) is 7.93. The van der Waals surface area contributed by atoms with E-state index in [0.717, 1.165) is 44.9 Å². The van der Waals surface area contributed by atoms with Crippen LogP contribution in [0.4, 0.5) is 0 Å². The number of fused-ring (bicyclic) bond motifs is 5. The van der Waals surface area contributed by atoms with Crippen molar-refractivity contribution in [1.29, 1.82) is 0 Å². The van der Waals surface area contributed by atoms with Gasteiger partial charge < -0.3 is 14.2 Å². The highest BCUT2D eigenvalue weighted by Gasteiger charge is 2.62. The fourth-order valence-corrected chi connectivity index (χ4v) is 7.57. The molecule has 4 aliphatic rings. The fraction of sp³-hybridized carbons (Fsp3) is 0.800. The molecule has 0 aliphatic heterocycles. The van der Waals surface area contributed by atoms with E-state index in [1.165, 1.54) is 26.3 Å². The van der Waals surface area contributed by atoms with Crippen LogP contribution < -0.4 is 0 Å². The maximum Gasteiger partial charge on any atom is 0.303 e. The van der Waals surface area contributed by atoms with E-state index >= 15 is 0 Å². The number of ether oxygens (including phenoxy) is 3. The highest BCUT2D eigenvalue weighted by atomic mass is 16.6. The van der Waals surface area contributed by atoms with Gasteiger partial charge in [0.15, 0.2) is 0 Å². The van der Waals surface area contributed by atoms with Crippen LogP contribution >= 0.6 is 0 Å². The minimum Gasteiger partial charge on any atom is -0.462 e. The van der Waals surface area contributed by atoms with Crippen LogP contribution in [0.3, 0.4) is 0 Å². The van der Waals surface area contributed by atoms with Crippen molar-refractivity contribution in [2.45, 2.75) is 97.9 Å². The van der Waals surface area contributed by atoms with Crippen LogP contribution in [0.15, 0.2) is 11.6 Å². The molecule has 6 nitrogen and oxygen atoms in total. The normalized spacial score (nSPS) is 43.6. The standard InChI is InChI=1S/C25H36O6/c1-14(26)29-18-8-10-24(4)17(12-18)13-21(30-15(2)27)23-19-6-7-22(31-16(3)28)25(19,5)11-9-20(23)24/h13,18-23H,6-12H2,1-5H3/t18-,19?,20?,21-,22-,23?,24?,25?/m0/s1. The summed E-state index contributed by atoms with van der Waals surface area (Å²) in [6, 6.07) is 0. The fourth-order valence-electron chi connectivity index (χ4n) is 7.57. The van der Waals surface area contributed by atoms with E-state index in [-0.39, 0.29) is 53.0 Å². The maximum atomic E-state index is 12.0. The van der Waals surface area contributed by atoms with Crippen LogP contribution in [0, 0.1) is 28.6 Å². The average molecular weight is 433 g/mol. The summed E-state index contributed by atoms with van der Waals surface area (Å²) in [5.74, 6) is 0.257. The van der Waals surface area contributed by atoms with Crippen molar-refractivity contribution in [3.8, 4) is 0 Å². The average Bonchev–Trinajstić information content (AvgIpc) is 2.98. The molecule has 4 rings (SSSR count). The Morgan fingerprint density at radius 2 is 1.52 bits per heavy atom. The molecule has 4 aliphatic carbocycles. The third-order valence-corrected chi connectivity index (χ3v) is 8.92. The summed E-state index contributed by atoms with van der Waals surface area (Å²) < 4.78 is 17.2. The molecule has 0 saturated heterocycles. The number of carbonyl (C=O) groups is 3. The third kappa shape index (κ3) is 3.80. The largest absolute Gasteiger partial charge is 0.462 e. The first-order chi connectivity index (χ1) is 14.5. The minimum absolute atomic E-state index is 0.0266. The van der Waals surface area contributed by atoms with Crippen molar-refractivity contribution in [3.63, 3.8) is 0 Å². The lowest BCUT2D eigenvalue weighted by atomic mass is 9.47. The van der Waals surface area contributed by atoms with Crippen molar-refractivity contribution < 1.29 is 28.6 Å². The van der Waals surface area contributed by atoms with E-state index in [0.29, 0.717) is 11.8 Å². The van der Waals surface area contributed by atoms with E-state index in [9.17, 15) is 14.4 Å². The van der Waals surface area contributed by atoms with Gasteiger partial charge in [-0.2, -0.15) is 0 Å². The number of rotatable bonds is 3. The molecule has 0 N–H and O–H groups in total. The first-order valence-corrected chi connectivity index (χ1v) is 11.8. The first kappa shape index (κ1) is 22.3. The monoisotopic (exact) mass is 432 g/mol. The van der Waals surface area contributed by atoms with Crippen molar-refractivity contribution >= 4 is 17.9 Å².